The van der Waals surface area contributed by atoms with Gasteiger partial charge in [-0.25, -0.2) is 4.68 Å². The number of carbonyl (C=O) groups is 1. The Morgan fingerprint density at radius 1 is 1.06 bits per heavy atom. The Labute approximate surface area is 205 Å². The van der Waals surface area contributed by atoms with Crippen LogP contribution in [0.25, 0.3) is 28.2 Å². The molecule has 168 valence electrons. The second-order valence-corrected chi connectivity index (χ2v) is 8.91. The zero-order chi connectivity index (χ0) is 23.4. The number of aromatic nitrogens is 2. The summed E-state index contributed by atoms with van der Waals surface area (Å²) in [4.78, 5) is 11.3. The lowest BCUT2D eigenvalue weighted by atomic mass is 10.0. The lowest BCUT2D eigenvalue weighted by Crippen LogP contribution is -2.03. The van der Waals surface area contributed by atoms with E-state index >= 15 is 0 Å². The minimum Gasteiger partial charge on any atom is -0.493 e. The summed E-state index contributed by atoms with van der Waals surface area (Å²) < 4.78 is 8.82. The summed E-state index contributed by atoms with van der Waals surface area (Å²) in [5, 5.41) is 14.8. The number of carboxylic acids is 1. The molecule has 5 nitrogen and oxygen atoms in total. The molecule has 0 radical (unpaired) electrons. The van der Waals surface area contributed by atoms with Crippen LogP contribution in [0.15, 0.2) is 77.3 Å². The van der Waals surface area contributed by atoms with E-state index in [0.717, 1.165) is 33.4 Å². The smallest absolute Gasteiger partial charge is 0.307 e. The molecule has 0 saturated carbocycles. The van der Waals surface area contributed by atoms with Gasteiger partial charge in [0.1, 0.15) is 5.75 Å². The molecule has 33 heavy (non-hydrogen) atoms. The highest BCUT2D eigenvalue weighted by molar-refractivity contribution is 9.10. The predicted molar refractivity (Wildman–Crippen MR) is 134 cm³/mol. The average Bonchev–Trinajstić information content (AvgIpc) is 3.24. The number of hydrogen-bond donors (Lipinski definition) is 1. The van der Waals surface area contributed by atoms with E-state index in [0.29, 0.717) is 28.6 Å². The van der Waals surface area contributed by atoms with E-state index < -0.39 is 5.97 Å². The van der Waals surface area contributed by atoms with Crippen LogP contribution in [-0.2, 0) is 11.2 Å². The van der Waals surface area contributed by atoms with Crippen molar-refractivity contribution < 1.29 is 14.6 Å². The number of ether oxygens (including phenoxy) is 1. The SMILES string of the molecule is CCCOc1ccc(CC(=O)O)cc1-c1cc(-c2ccc(Br)cc2)n(-c2ccc(Cl)cc2)n1. The Kier molecular flexibility index (Phi) is 7.16. The minimum atomic E-state index is -0.884. The molecule has 4 aromatic rings. The maximum Gasteiger partial charge on any atom is 0.307 e. The highest BCUT2D eigenvalue weighted by atomic mass is 79.9. The number of benzene rings is 3. The fourth-order valence-corrected chi connectivity index (χ4v) is 3.91. The monoisotopic (exact) mass is 524 g/mol. The normalized spacial score (nSPS) is 10.9. The van der Waals surface area contributed by atoms with Crippen LogP contribution in [-0.4, -0.2) is 27.5 Å². The zero-order valence-electron chi connectivity index (χ0n) is 18.0. The Morgan fingerprint density at radius 3 is 2.45 bits per heavy atom. The molecule has 0 fully saturated rings. The first kappa shape index (κ1) is 23.1. The fraction of sp³-hybridized carbons (Fsp3) is 0.154. The molecule has 1 heterocycles. The molecule has 4 rings (SSSR count). The number of halogens is 2. The highest BCUT2D eigenvalue weighted by Gasteiger charge is 2.17. The van der Waals surface area contributed by atoms with Crippen molar-refractivity contribution in [1.29, 1.82) is 0 Å². The summed E-state index contributed by atoms with van der Waals surface area (Å²) in [5.41, 5.74) is 4.89. The van der Waals surface area contributed by atoms with Gasteiger partial charge in [-0.05, 0) is 66.6 Å². The Bertz CT molecular complexity index is 1200. The summed E-state index contributed by atoms with van der Waals surface area (Å²) >= 11 is 9.59. The third kappa shape index (κ3) is 5.46. The van der Waals surface area contributed by atoms with Gasteiger partial charge >= 0.3 is 5.97 Å². The van der Waals surface area contributed by atoms with E-state index in [1.54, 1.807) is 6.07 Å². The molecule has 0 atom stereocenters. The summed E-state index contributed by atoms with van der Waals surface area (Å²) in [7, 11) is 0. The number of nitrogens with zero attached hydrogens (tertiary/aromatic N) is 2. The van der Waals surface area contributed by atoms with Crippen LogP contribution < -0.4 is 4.74 Å². The first-order valence-corrected chi connectivity index (χ1v) is 11.7. The largest absolute Gasteiger partial charge is 0.493 e. The van der Waals surface area contributed by atoms with Gasteiger partial charge < -0.3 is 9.84 Å². The average molecular weight is 526 g/mol. The number of aliphatic carboxylic acids is 1. The maximum absolute atomic E-state index is 11.3. The van der Waals surface area contributed by atoms with E-state index in [4.69, 9.17) is 21.4 Å². The lowest BCUT2D eigenvalue weighted by Gasteiger charge is -2.11. The molecule has 0 amide bonds. The molecular weight excluding hydrogens is 504 g/mol. The van der Waals surface area contributed by atoms with E-state index in [-0.39, 0.29) is 6.42 Å². The van der Waals surface area contributed by atoms with Gasteiger partial charge in [-0.3, -0.25) is 4.79 Å². The summed E-state index contributed by atoms with van der Waals surface area (Å²) in [6.45, 7) is 2.60. The Morgan fingerprint density at radius 2 is 1.79 bits per heavy atom. The molecular formula is C26H22BrClN2O3. The fourth-order valence-electron chi connectivity index (χ4n) is 3.52. The van der Waals surface area contributed by atoms with Gasteiger partial charge in [0.15, 0.2) is 0 Å². The summed E-state index contributed by atoms with van der Waals surface area (Å²) in [6, 6.07) is 22.9. The van der Waals surface area contributed by atoms with Gasteiger partial charge in [0.25, 0.3) is 0 Å². The third-order valence-electron chi connectivity index (χ3n) is 5.06. The molecule has 0 aliphatic carbocycles. The van der Waals surface area contributed by atoms with Crippen molar-refractivity contribution in [3.63, 3.8) is 0 Å². The van der Waals surface area contributed by atoms with Crippen molar-refractivity contribution in [3.8, 4) is 34.0 Å². The third-order valence-corrected chi connectivity index (χ3v) is 5.84. The summed E-state index contributed by atoms with van der Waals surface area (Å²) in [6.07, 6.45) is 0.790. The molecule has 0 aliphatic rings. The van der Waals surface area contributed by atoms with Gasteiger partial charge in [-0.1, -0.05) is 52.7 Å². The number of rotatable bonds is 8. The van der Waals surface area contributed by atoms with Crippen molar-refractivity contribution in [2.75, 3.05) is 6.61 Å². The van der Waals surface area contributed by atoms with Crippen molar-refractivity contribution in [2.24, 2.45) is 0 Å². The number of carboxylic acid groups (broad SMARTS) is 1. The zero-order valence-corrected chi connectivity index (χ0v) is 20.3. The van der Waals surface area contributed by atoms with Crippen LogP contribution in [0, 0.1) is 0 Å². The van der Waals surface area contributed by atoms with Crippen molar-refractivity contribution in [3.05, 3.63) is 87.9 Å². The van der Waals surface area contributed by atoms with E-state index in [2.05, 4.69) is 15.9 Å². The quantitative estimate of drug-likeness (QED) is 0.268. The van der Waals surface area contributed by atoms with Crippen molar-refractivity contribution in [2.45, 2.75) is 19.8 Å². The topological polar surface area (TPSA) is 64.3 Å². The van der Waals surface area contributed by atoms with Gasteiger partial charge in [-0.15, -0.1) is 0 Å². The van der Waals surface area contributed by atoms with E-state index in [1.807, 2.05) is 78.3 Å². The van der Waals surface area contributed by atoms with Gasteiger partial charge in [0.05, 0.1) is 30.1 Å². The Balaban J connectivity index is 1.88. The van der Waals surface area contributed by atoms with E-state index in [1.165, 1.54) is 0 Å². The second-order valence-electron chi connectivity index (χ2n) is 7.56. The van der Waals surface area contributed by atoms with Crippen LogP contribution >= 0.6 is 27.5 Å². The second kappa shape index (κ2) is 10.2. The first-order valence-electron chi connectivity index (χ1n) is 10.5. The van der Waals surface area contributed by atoms with Crippen LogP contribution in [0.5, 0.6) is 5.75 Å². The molecule has 0 unspecified atom stereocenters. The lowest BCUT2D eigenvalue weighted by molar-refractivity contribution is -0.136. The molecule has 1 aromatic heterocycles. The molecule has 0 saturated heterocycles. The minimum absolute atomic E-state index is 0.0709. The molecule has 3 aromatic carbocycles. The first-order chi connectivity index (χ1) is 15.9. The van der Waals surface area contributed by atoms with Gasteiger partial charge in [0.2, 0.25) is 0 Å². The van der Waals surface area contributed by atoms with Gasteiger partial charge in [-0.2, -0.15) is 5.10 Å². The Hall–Kier alpha value is -3.09. The predicted octanol–water partition coefficient (Wildman–Crippen LogP) is 7.04. The number of hydrogen-bond acceptors (Lipinski definition) is 3. The van der Waals surface area contributed by atoms with Crippen LogP contribution in [0.4, 0.5) is 0 Å². The molecule has 1 N–H and O–H groups in total. The standard InChI is InChI=1S/C26H22BrClN2O3/c1-2-13-33-25-12-3-17(15-26(31)32)14-22(25)23-16-24(18-4-6-19(27)7-5-18)30(29-23)21-10-8-20(28)9-11-21/h3-12,14,16H,2,13,15H2,1H3,(H,31,32). The highest BCUT2D eigenvalue weighted by Crippen LogP contribution is 2.35. The van der Waals surface area contributed by atoms with Crippen molar-refractivity contribution in [1.82, 2.24) is 9.78 Å². The summed E-state index contributed by atoms with van der Waals surface area (Å²) in [5.74, 6) is -0.209. The maximum atomic E-state index is 11.3. The van der Waals surface area contributed by atoms with Crippen LogP contribution in [0.2, 0.25) is 5.02 Å². The van der Waals surface area contributed by atoms with Crippen molar-refractivity contribution >= 4 is 33.5 Å². The van der Waals surface area contributed by atoms with Crippen LogP contribution in [0.3, 0.4) is 0 Å². The molecule has 0 spiro atoms. The molecule has 0 aliphatic heterocycles. The van der Waals surface area contributed by atoms with Crippen LogP contribution in [0.1, 0.15) is 18.9 Å². The van der Waals surface area contributed by atoms with E-state index in [9.17, 15) is 9.90 Å². The molecule has 0 bridgehead atoms. The molecule has 7 heteroatoms. The van der Waals surface area contributed by atoms with Gasteiger partial charge in [0, 0.05) is 20.6 Å².